The minimum Gasteiger partial charge on any atom is -0.465 e. The van der Waals surface area contributed by atoms with E-state index in [0.717, 1.165) is 28.9 Å². The van der Waals surface area contributed by atoms with Gasteiger partial charge in [-0.3, -0.25) is 14.7 Å². The van der Waals surface area contributed by atoms with Crippen molar-refractivity contribution >= 4 is 17.7 Å². The monoisotopic (exact) mass is 470 g/mol. The molecule has 1 saturated carbocycles. The standard InChI is InChI=1S/C25H31FN4O4/c1-2-34-18-12-23(30(14-18)25(32)33)24(31)29-22-11-17(5-6-20(22)26)19(13-21(27)16-3-4-16)15-7-9-28-10-8-15/h5-11,16,18-19,21,23H,2-4,12-14,27H2,1H3,(H,29,31)(H,32,33)/t18?,19?,21-,23?/m0/s1. The maximum absolute atomic E-state index is 14.7. The molecule has 34 heavy (non-hydrogen) atoms. The molecule has 182 valence electrons. The van der Waals surface area contributed by atoms with Crippen LogP contribution >= 0.6 is 0 Å². The zero-order chi connectivity index (χ0) is 24.2. The highest BCUT2D eigenvalue weighted by Gasteiger charge is 2.40. The first-order chi connectivity index (χ1) is 16.4. The number of carbonyl (C=O) groups is 2. The van der Waals surface area contributed by atoms with Crippen molar-refractivity contribution in [3.8, 4) is 0 Å². The van der Waals surface area contributed by atoms with Gasteiger partial charge in [0.2, 0.25) is 5.91 Å². The number of nitrogens with zero attached hydrogens (tertiary/aromatic N) is 2. The van der Waals surface area contributed by atoms with Crippen molar-refractivity contribution in [2.75, 3.05) is 18.5 Å². The molecule has 0 radical (unpaired) electrons. The number of likely N-dealkylation sites (tertiary alicyclic amines) is 1. The van der Waals surface area contributed by atoms with Crippen molar-refractivity contribution in [2.45, 2.75) is 56.7 Å². The largest absolute Gasteiger partial charge is 0.465 e. The number of hydrogen-bond acceptors (Lipinski definition) is 5. The first-order valence-electron chi connectivity index (χ1n) is 11.7. The summed E-state index contributed by atoms with van der Waals surface area (Å²) >= 11 is 0. The van der Waals surface area contributed by atoms with Gasteiger partial charge in [-0.05, 0) is 67.5 Å². The van der Waals surface area contributed by atoms with Crippen LogP contribution in [-0.4, -0.2) is 58.3 Å². The predicted octanol–water partition coefficient (Wildman–Crippen LogP) is 3.58. The molecule has 2 fully saturated rings. The molecule has 3 unspecified atom stereocenters. The lowest BCUT2D eigenvalue weighted by molar-refractivity contribution is -0.120. The van der Waals surface area contributed by atoms with Crippen LogP contribution in [0, 0.1) is 11.7 Å². The maximum atomic E-state index is 14.7. The van der Waals surface area contributed by atoms with E-state index in [1.807, 2.05) is 19.1 Å². The Morgan fingerprint density at radius 3 is 2.65 bits per heavy atom. The lowest BCUT2D eigenvalue weighted by Crippen LogP contribution is -2.42. The van der Waals surface area contributed by atoms with E-state index in [4.69, 9.17) is 10.5 Å². The molecule has 1 saturated heterocycles. The summed E-state index contributed by atoms with van der Waals surface area (Å²) in [6.07, 6.45) is 5.02. The summed E-state index contributed by atoms with van der Waals surface area (Å²) in [6, 6.07) is 7.58. The number of aromatic nitrogens is 1. The van der Waals surface area contributed by atoms with Crippen LogP contribution in [0.25, 0.3) is 0 Å². The Bertz CT molecular complexity index is 1020. The Labute approximate surface area is 198 Å². The minimum atomic E-state index is -1.21. The molecular formula is C25H31FN4O4. The van der Waals surface area contributed by atoms with Crippen LogP contribution in [0.3, 0.4) is 0 Å². The topological polar surface area (TPSA) is 118 Å². The number of benzene rings is 1. The number of carbonyl (C=O) groups excluding carboxylic acids is 1. The molecule has 0 spiro atoms. The number of carboxylic acid groups (broad SMARTS) is 1. The van der Waals surface area contributed by atoms with Gasteiger partial charge in [0.15, 0.2) is 0 Å². The van der Waals surface area contributed by atoms with Crippen LogP contribution in [0.1, 0.15) is 49.7 Å². The van der Waals surface area contributed by atoms with E-state index in [0.29, 0.717) is 18.9 Å². The fourth-order valence-corrected chi connectivity index (χ4v) is 4.73. The molecular weight excluding hydrogens is 439 g/mol. The predicted molar refractivity (Wildman–Crippen MR) is 125 cm³/mol. The number of nitrogens with two attached hydrogens (primary N) is 1. The summed E-state index contributed by atoms with van der Waals surface area (Å²) in [5, 5.41) is 12.1. The summed E-state index contributed by atoms with van der Waals surface area (Å²) in [5.74, 6) is -0.736. The molecule has 1 aromatic carbocycles. The Hall–Kier alpha value is -3.04. The van der Waals surface area contributed by atoms with Crippen LogP contribution in [0.15, 0.2) is 42.7 Å². The number of rotatable bonds is 9. The Kier molecular flexibility index (Phi) is 7.43. The van der Waals surface area contributed by atoms with Crippen LogP contribution < -0.4 is 11.1 Å². The van der Waals surface area contributed by atoms with E-state index in [2.05, 4.69) is 10.3 Å². The number of ether oxygens (including phenoxy) is 1. The molecule has 2 aliphatic rings. The third-order valence-corrected chi connectivity index (χ3v) is 6.71. The van der Waals surface area contributed by atoms with Crippen molar-refractivity contribution in [2.24, 2.45) is 11.7 Å². The van der Waals surface area contributed by atoms with E-state index >= 15 is 0 Å². The molecule has 0 bridgehead atoms. The highest BCUT2D eigenvalue weighted by atomic mass is 19.1. The molecule has 4 N–H and O–H groups in total. The fourth-order valence-electron chi connectivity index (χ4n) is 4.73. The highest BCUT2D eigenvalue weighted by Crippen LogP contribution is 2.38. The Balaban J connectivity index is 1.56. The average Bonchev–Trinajstić information content (AvgIpc) is 3.59. The molecule has 2 aromatic rings. The molecule has 4 atom stereocenters. The number of halogens is 1. The van der Waals surface area contributed by atoms with Crippen LogP contribution in [0.2, 0.25) is 0 Å². The summed E-state index contributed by atoms with van der Waals surface area (Å²) in [5.41, 5.74) is 8.30. The zero-order valence-corrected chi connectivity index (χ0v) is 19.2. The normalized spacial score (nSPS) is 21.8. The third kappa shape index (κ3) is 5.53. The van der Waals surface area contributed by atoms with Gasteiger partial charge in [0.25, 0.3) is 0 Å². The molecule has 2 amide bonds. The van der Waals surface area contributed by atoms with Gasteiger partial charge in [-0.1, -0.05) is 6.07 Å². The molecule has 1 aliphatic carbocycles. The molecule has 1 aromatic heterocycles. The lowest BCUT2D eigenvalue weighted by Gasteiger charge is -2.23. The van der Waals surface area contributed by atoms with Crippen LogP contribution in [0.5, 0.6) is 0 Å². The number of pyridine rings is 1. The third-order valence-electron chi connectivity index (χ3n) is 6.71. The van der Waals surface area contributed by atoms with E-state index in [9.17, 15) is 19.1 Å². The van der Waals surface area contributed by atoms with E-state index in [1.165, 1.54) is 6.07 Å². The van der Waals surface area contributed by atoms with Crippen molar-refractivity contribution < 1.29 is 23.8 Å². The van der Waals surface area contributed by atoms with Crippen molar-refractivity contribution in [1.82, 2.24) is 9.88 Å². The quantitative estimate of drug-likeness (QED) is 0.516. The van der Waals surface area contributed by atoms with Gasteiger partial charge in [0.05, 0.1) is 18.3 Å². The second-order valence-corrected chi connectivity index (χ2v) is 9.06. The van der Waals surface area contributed by atoms with Gasteiger partial charge in [-0.15, -0.1) is 0 Å². The zero-order valence-electron chi connectivity index (χ0n) is 19.2. The molecule has 2 heterocycles. The molecule has 4 rings (SSSR count). The number of hydrogen-bond donors (Lipinski definition) is 3. The van der Waals surface area contributed by atoms with Gasteiger partial charge < -0.3 is 20.9 Å². The van der Waals surface area contributed by atoms with Crippen LogP contribution in [0.4, 0.5) is 14.9 Å². The van der Waals surface area contributed by atoms with Crippen molar-refractivity contribution in [1.29, 1.82) is 0 Å². The van der Waals surface area contributed by atoms with Crippen molar-refractivity contribution in [3.05, 3.63) is 59.7 Å². The van der Waals surface area contributed by atoms with Crippen LogP contribution in [-0.2, 0) is 9.53 Å². The summed E-state index contributed by atoms with van der Waals surface area (Å²) in [6.45, 7) is 2.34. The van der Waals surface area contributed by atoms with E-state index in [1.54, 1.807) is 24.5 Å². The SMILES string of the molecule is CCOC1CC(C(=O)Nc2cc(C(C[C@H](N)C3CC3)c3ccncc3)ccc2F)N(C(=O)O)C1. The molecule has 1 aliphatic heterocycles. The van der Waals surface area contributed by atoms with Gasteiger partial charge in [-0.25, -0.2) is 9.18 Å². The highest BCUT2D eigenvalue weighted by molar-refractivity contribution is 5.97. The van der Waals surface area contributed by atoms with E-state index < -0.39 is 23.9 Å². The Morgan fingerprint density at radius 1 is 1.26 bits per heavy atom. The number of nitrogens with one attached hydrogen (secondary N) is 1. The maximum Gasteiger partial charge on any atom is 0.408 e. The second-order valence-electron chi connectivity index (χ2n) is 9.06. The summed E-state index contributed by atoms with van der Waals surface area (Å²) in [4.78, 5) is 29.8. The molecule has 8 nitrogen and oxygen atoms in total. The Morgan fingerprint density at radius 2 is 2.00 bits per heavy atom. The first-order valence-corrected chi connectivity index (χ1v) is 11.7. The first kappa shape index (κ1) is 24.1. The van der Waals surface area contributed by atoms with Gasteiger partial charge in [0, 0.05) is 37.4 Å². The van der Waals surface area contributed by atoms with E-state index in [-0.39, 0.29) is 36.7 Å². The summed E-state index contributed by atoms with van der Waals surface area (Å²) < 4.78 is 20.3. The average molecular weight is 471 g/mol. The fraction of sp³-hybridized carbons (Fsp3) is 0.480. The van der Waals surface area contributed by atoms with Gasteiger partial charge in [0.1, 0.15) is 11.9 Å². The van der Waals surface area contributed by atoms with Gasteiger partial charge in [-0.2, -0.15) is 0 Å². The lowest BCUT2D eigenvalue weighted by atomic mass is 9.85. The number of anilines is 1. The van der Waals surface area contributed by atoms with Crippen molar-refractivity contribution in [3.63, 3.8) is 0 Å². The smallest absolute Gasteiger partial charge is 0.408 e. The molecule has 9 heteroatoms. The van der Waals surface area contributed by atoms with Gasteiger partial charge >= 0.3 is 6.09 Å². The number of amides is 2. The minimum absolute atomic E-state index is 0.0201. The second kappa shape index (κ2) is 10.5. The summed E-state index contributed by atoms with van der Waals surface area (Å²) in [7, 11) is 0.